The number of aliphatic carboxylic acids is 1. The van der Waals surface area contributed by atoms with Crippen molar-refractivity contribution in [3.63, 3.8) is 0 Å². The summed E-state index contributed by atoms with van der Waals surface area (Å²) in [6, 6.07) is 83.7. The normalized spacial score (nSPS) is 15.9. The molecule has 11 nitrogen and oxygen atoms in total. The Morgan fingerprint density at radius 2 is 0.508 bits per heavy atom. The third kappa shape index (κ3) is 38.0. The van der Waals surface area contributed by atoms with Crippen LogP contribution in [0.1, 0.15) is 353 Å². The second kappa shape index (κ2) is 60.7. The largest absolute Gasteiger partial charge is 0.478 e. The van der Waals surface area contributed by atoms with E-state index >= 15 is 0 Å². The highest BCUT2D eigenvalue weighted by Crippen LogP contribution is 2.44. The number of carboxylic acid groups (broad SMARTS) is 1. The molecule has 0 saturated heterocycles. The molecule has 0 aliphatic rings. The molecule has 0 aromatic heterocycles. The molecule has 12 atom stereocenters. The first-order valence-corrected chi connectivity index (χ1v) is 49.2. The van der Waals surface area contributed by atoms with Gasteiger partial charge in [0.2, 0.25) is 0 Å². The highest BCUT2D eigenvalue weighted by Gasteiger charge is 2.36. The summed E-state index contributed by atoms with van der Waals surface area (Å²) in [4.78, 5) is 22.2. The van der Waals surface area contributed by atoms with Gasteiger partial charge in [0.05, 0.1) is 44.2 Å². The van der Waals surface area contributed by atoms with Crippen molar-refractivity contribution >= 4 is 12.4 Å². The first-order valence-electron chi connectivity index (χ1n) is 49.2. The number of hydrogen-bond acceptors (Lipinski definition) is 10. The zero-order valence-electron chi connectivity index (χ0n) is 81.5. The molecule has 130 heavy (non-hydrogen) atoms. The first kappa shape index (κ1) is 114. The number of carbonyl (C=O) groups is 2. The van der Waals surface area contributed by atoms with Gasteiger partial charge in [0, 0.05) is 28.4 Å². The maximum atomic E-state index is 11.7. The molecule has 0 spiro atoms. The van der Waals surface area contributed by atoms with Crippen LogP contribution in [0.15, 0.2) is 279 Å². The van der Waals surface area contributed by atoms with E-state index in [2.05, 4.69) is 253 Å². The molecule has 0 bridgehead atoms. The van der Waals surface area contributed by atoms with Crippen LogP contribution in [0.4, 0.5) is 0 Å². The van der Waals surface area contributed by atoms with Crippen molar-refractivity contribution in [1.82, 2.24) is 0 Å². The average molecular weight is 1780 g/mol. The second-order valence-corrected chi connectivity index (χ2v) is 39.3. The fourth-order valence-corrected chi connectivity index (χ4v) is 19.9. The van der Waals surface area contributed by atoms with Gasteiger partial charge >= 0.3 is 5.97 Å². The van der Waals surface area contributed by atoms with Gasteiger partial charge in [-0.15, -0.1) is 0 Å². The van der Waals surface area contributed by atoms with E-state index in [9.17, 15) is 50.4 Å². The average Bonchev–Trinajstić information content (AvgIpc) is 0.808. The molecule has 0 radical (unpaired) electrons. The molecule has 0 aliphatic carbocycles. The topological polar surface area (TPSA) is 205 Å². The van der Waals surface area contributed by atoms with Crippen LogP contribution in [0.5, 0.6) is 0 Å². The number of benzene rings is 8. The summed E-state index contributed by atoms with van der Waals surface area (Å²) in [6.45, 7) is 37.9. The molecule has 0 heterocycles. The Balaban J connectivity index is 0.000000362. The minimum absolute atomic E-state index is 0. The van der Waals surface area contributed by atoms with Gasteiger partial charge < -0.3 is 45.6 Å². The molecular formula is C119H174O11. The number of aliphatic hydroxyl groups is 7. The highest BCUT2D eigenvalue weighted by molar-refractivity contribution is 5.89. The number of hydrogen-bond donors (Lipinski definition) is 8. The summed E-state index contributed by atoms with van der Waals surface area (Å²) >= 11 is 0. The van der Waals surface area contributed by atoms with Crippen LogP contribution in [0.25, 0.3) is 0 Å². The Hall–Kier alpha value is -8.36. The van der Waals surface area contributed by atoms with Crippen molar-refractivity contribution < 1.29 is 55.2 Å². The fourth-order valence-electron chi connectivity index (χ4n) is 19.9. The van der Waals surface area contributed by atoms with Crippen LogP contribution in [0.3, 0.4) is 0 Å². The van der Waals surface area contributed by atoms with E-state index in [1.165, 1.54) is 71.9 Å². The Kier molecular flexibility index (Phi) is 53.2. The molecule has 0 amide bonds. The lowest BCUT2D eigenvalue weighted by molar-refractivity contribution is -0.133. The van der Waals surface area contributed by atoms with Crippen LogP contribution < -0.4 is 0 Å². The summed E-state index contributed by atoms with van der Waals surface area (Å²) in [5, 5.41) is 80.8. The highest BCUT2D eigenvalue weighted by atomic mass is 16.5. The van der Waals surface area contributed by atoms with E-state index in [1.54, 1.807) is 0 Å². The minimum atomic E-state index is -0.947. The summed E-state index contributed by atoms with van der Waals surface area (Å²) in [5.74, 6) is -0.947. The van der Waals surface area contributed by atoms with Crippen molar-refractivity contribution in [1.29, 1.82) is 0 Å². The Bertz CT molecular complexity index is 4300. The summed E-state index contributed by atoms with van der Waals surface area (Å²) in [7, 11) is 0. The Morgan fingerprint density at radius 3 is 0.754 bits per heavy atom. The molecule has 0 fully saturated rings. The van der Waals surface area contributed by atoms with Crippen LogP contribution in [0.2, 0.25) is 0 Å². The molecule has 8 aromatic carbocycles. The first-order chi connectivity index (χ1) is 61.9. The van der Waals surface area contributed by atoms with Gasteiger partial charge in [-0.2, -0.15) is 0 Å². The molecule has 11 heteroatoms. The predicted octanol–water partition coefficient (Wildman–Crippen LogP) is 28.3. The number of unbranched alkanes of at least 4 members (excludes halogenated alkanes) is 2. The Labute approximate surface area is 788 Å². The van der Waals surface area contributed by atoms with Gasteiger partial charge in [-0.25, -0.2) is 4.79 Å². The zero-order chi connectivity index (χ0) is 94.5. The maximum Gasteiger partial charge on any atom is 0.331 e. The number of carbonyl (C=O) groups excluding carboxylic acids is 1. The number of rotatable bonds is 61. The number of aliphatic hydroxyl groups excluding tert-OH is 7. The zero-order valence-corrected chi connectivity index (χ0v) is 81.5. The van der Waals surface area contributed by atoms with Crippen LogP contribution >= 0.6 is 0 Å². The number of ether oxygens (including phenoxy) is 1. The van der Waals surface area contributed by atoms with Gasteiger partial charge in [-0.1, -0.05) is 417 Å². The van der Waals surface area contributed by atoms with E-state index in [1.807, 2.05) is 85.8 Å². The third-order valence-electron chi connectivity index (χ3n) is 29.1. The fraction of sp³-hybridized carbons (Fsp3) is 0.529. The SMILES string of the molecule is C.C=C(C(=O)O)C(C)(CCCCC(O)CCCCC(C)(CCC)c1ccccc1)c1ccccc1.C=C(CO)C(C)(CCCC(O)CCCC(C)(CCC)c1ccccc1)c1ccccc1.C=C(CO)C(C)(CCCC(O)CCCC(C)(CCCO)c1ccccc1)c1ccccc1.CCCC(C)(CCCC(O)CCCC(C)(CCOC=O)c1ccccc1)c1ccccc1. The monoisotopic (exact) mass is 1780 g/mol. The molecule has 0 aliphatic heterocycles. The van der Waals surface area contributed by atoms with E-state index < -0.39 is 11.4 Å². The van der Waals surface area contributed by atoms with E-state index in [0.717, 1.165) is 202 Å². The lowest BCUT2D eigenvalue weighted by atomic mass is 9.72. The third-order valence-corrected chi connectivity index (χ3v) is 29.1. The van der Waals surface area contributed by atoms with Crippen molar-refractivity contribution in [3.8, 4) is 0 Å². The van der Waals surface area contributed by atoms with Gasteiger partial charge in [0.1, 0.15) is 0 Å². The molecule has 8 rings (SSSR count). The maximum absolute atomic E-state index is 11.7. The molecule has 12 unspecified atom stereocenters. The van der Waals surface area contributed by atoms with Gasteiger partial charge in [-0.05, 0) is 237 Å². The molecule has 716 valence electrons. The molecule has 8 N–H and O–H groups in total. The predicted molar refractivity (Wildman–Crippen MR) is 548 cm³/mol. The van der Waals surface area contributed by atoms with Crippen molar-refractivity contribution in [2.24, 2.45) is 0 Å². The van der Waals surface area contributed by atoms with E-state index in [4.69, 9.17) is 4.74 Å². The van der Waals surface area contributed by atoms with E-state index in [-0.39, 0.29) is 95.1 Å². The molecular weight excluding hydrogens is 1610 g/mol. The van der Waals surface area contributed by atoms with Crippen LogP contribution in [0, 0.1) is 0 Å². The number of carboxylic acids is 1. The van der Waals surface area contributed by atoms with Crippen LogP contribution in [-0.2, 0) is 57.6 Å². The van der Waals surface area contributed by atoms with Crippen LogP contribution in [-0.4, -0.2) is 104 Å². The van der Waals surface area contributed by atoms with Gasteiger partial charge in [0.15, 0.2) is 0 Å². The van der Waals surface area contributed by atoms with Crippen molar-refractivity contribution in [3.05, 3.63) is 324 Å². The Morgan fingerprint density at radius 1 is 0.300 bits per heavy atom. The lowest BCUT2D eigenvalue weighted by Gasteiger charge is -2.32. The smallest absolute Gasteiger partial charge is 0.331 e. The summed E-state index contributed by atoms with van der Waals surface area (Å²) in [6.07, 6.45) is 32.2. The quantitative estimate of drug-likeness (QED) is 0.00779. The van der Waals surface area contributed by atoms with Crippen molar-refractivity contribution in [2.75, 3.05) is 26.4 Å². The minimum Gasteiger partial charge on any atom is -0.478 e. The summed E-state index contributed by atoms with van der Waals surface area (Å²) < 4.78 is 4.99. The van der Waals surface area contributed by atoms with Gasteiger partial charge in [-0.3, -0.25) is 4.79 Å². The molecule has 0 saturated carbocycles. The van der Waals surface area contributed by atoms with Crippen molar-refractivity contribution in [2.45, 2.75) is 376 Å². The van der Waals surface area contributed by atoms with Gasteiger partial charge in [0.25, 0.3) is 6.47 Å². The second-order valence-electron chi connectivity index (χ2n) is 39.3. The standard InChI is InChI=1S/C31H44O3.2C29H42O3.C29H42O2.CH4/c1-5-22-30(3,26-16-8-6-9-17-26)23-14-12-20-28(32)21-13-15-24-31(4,25(2)29(33)34)27-18-10-7-11-19-27;1-24(23-31)29(3,26-15-8-5-9-16-26)21-11-18-27(32)17-10-19-28(2,20-12-22-30)25-13-6-4-7-14-25;1-4-19-28(2,25-13-7-5-8-14-25)20-11-17-27(31)18-12-21-29(3,22-23-32-24-30)26-15-9-6-10-16-26;1-5-20-28(3,25-14-8-6-9-15-25)21-12-18-27(31)19-13-22-29(4,24(2)23-30)26-16-10-7-11-17-26;/h6-11,16-19,28,32H,2,5,12-15,20-24H2,1,3-4H3,(H,33,34);4-9,13-16,27,30-32H,1,10-12,17-23H2,2-3H3;5-10,13-16,24,27,31H,4,11-12,17-23H2,1-3H3;6-11,14-17,27,30-31H,2,5,12-13,18-23H2,1,3-4H3;1H4. The van der Waals surface area contributed by atoms with E-state index in [0.29, 0.717) is 19.5 Å². The lowest BCUT2D eigenvalue weighted by Crippen LogP contribution is -2.28. The molecule has 8 aromatic rings. The summed E-state index contributed by atoms with van der Waals surface area (Å²) in [5.41, 5.74) is 11.4.